The summed E-state index contributed by atoms with van der Waals surface area (Å²) in [5.74, 6) is 1.23. The Balaban J connectivity index is 2.16. The van der Waals surface area contributed by atoms with Gasteiger partial charge in [0.05, 0.1) is 11.0 Å². The van der Waals surface area contributed by atoms with Gasteiger partial charge in [-0.2, -0.15) is 0 Å². The van der Waals surface area contributed by atoms with Crippen molar-refractivity contribution in [2.24, 2.45) is 0 Å². The van der Waals surface area contributed by atoms with Gasteiger partial charge in [-0.05, 0) is 36.8 Å². The van der Waals surface area contributed by atoms with Crippen molar-refractivity contribution >= 4 is 5.69 Å². The number of nitro benzene ring substituents is 1. The molecule has 0 aliphatic rings. The third-order valence-corrected chi connectivity index (χ3v) is 2.19. The summed E-state index contributed by atoms with van der Waals surface area (Å²) in [5, 5.41) is 10.4. The fraction of sp³-hybridized carbons (Fsp3) is 0.0769. The second-order valence-corrected chi connectivity index (χ2v) is 3.59. The van der Waals surface area contributed by atoms with E-state index in [4.69, 9.17) is 4.74 Å². The molecule has 0 N–H and O–H groups in total. The molecule has 0 atom stereocenters. The lowest BCUT2D eigenvalue weighted by Crippen LogP contribution is -1.89. The van der Waals surface area contributed by atoms with E-state index >= 15 is 0 Å². The highest BCUT2D eigenvalue weighted by molar-refractivity contribution is 5.38. The lowest BCUT2D eigenvalue weighted by molar-refractivity contribution is -0.385. The van der Waals surface area contributed by atoms with Gasteiger partial charge in [0.2, 0.25) is 0 Å². The number of rotatable bonds is 3. The molecular formula is C13H10NO3. The number of aryl methyl sites for hydroxylation is 1. The SMILES string of the molecule is Cc1cccc(Oc2c[c]c([N+](=O)[O-])cc2)c1. The summed E-state index contributed by atoms with van der Waals surface area (Å²) in [5.41, 5.74) is 1.02. The number of hydrogen-bond acceptors (Lipinski definition) is 3. The maximum absolute atomic E-state index is 10.4. The monoisotopic (exact) mass is 228 g/mol. The minimum Gasteiger partial charge on any atom is -0.457 e. The fourth-order valence-corrected chi connectivity index (χ4v) is 1.39. The van der Waals surface area contributed by atoms with Crippen LogP contribution in [0.2, 0.25) is 0 Å². The Kier molecular flexibility index (Phi) is 3.05. The van der Waals surface area contributed by atoms with Crippen LogP contribution >= 0.6 is 0 Å². The van der Waals surface area contributed by atoms with Gasteiger partial charge in [0.25, 0.3) is 5.69 Å². The van der Waals surface area contributed by atoms with Crippen LogP contribution in [0.25, 0.3) is 0 Å². The van der Waals surface area contributed by atoms with Crippen molar-refractivity contribution in [3.05, 3.63) is 64.2 Å². The molecule has 0 bridgehead atoms. The average Bonchev–Trinajstić information content (AvgIpc) is 2.29. The summed E-state index contributed by atoms with van der Waals surface area (Å²) in [7, 11) is 0. The molecule has 0 spiro atoms. The largest absolute Gasteiger partial charge is 0.457 e. The van der Waals surface area contributed by atoms with Crippen LogP contribution in [-0.2, 0) is 0 Å². The molecule has 0 aliphatic heterocycles. The van der Waals surface area contributed by atoms with Gasteiger partial charge >= 0.3 is 0 Å². The second kappa shape index (κ2) is 4.65. The Morgan fingerprint density at radius 1 is 1.24 bits per heavy atom. The van der Waals surface area contributed by atoms with Crippen LogP contribution < -0.4 is 4.74 Å². The van der Waals surface area contributed by atoms with Crippen molar-refractivity contribution in [1.29, 1.82) is 0 Å². The second-order valence-electron chi connectivity index (χ2n) is 3.59. The van der Waals surface area contributed by atoms with Crippen molar-refractivity contribution in [3.8, 4) is 11.5 Å². The summed E-state index contributed by atoms with van der Waals surface area (Å²) < 4.78 is 5.54. The molecule has 4 heteroatoms. The number of nitro groups is 1. The third-order valence-electron chi connectivity index (χ3n) is 2.19. The standard InChI is InChI=1S/C13H10NO3/c1-10-3-2-4-13(9-10)17-12-7-5-11(6-8-12)14(15)16/h2-5,7-9H,1H3. The lowest BCUT2D eigenvalue weighted by Gasteiger charge is -2.05. The van der Waals surface area contributed by atoms with Crippen LogP contribution in [-0.4, -0.2) is 4.92 Å². The number of non-ortho nitro benzene ring substituents is 1. The molecule has 0 aliphatic carbocycles. The molecule has 0 heterocycles. The van der Waals surface area contributed by atoms with Crippen LogP contribution in [0.1, 0.15) is 5.56 Å². The minimum absolute atomic E-state index is 0.0680. The number of nitrogens with zero attached hydrogens (tertiary/aromatic N) is 1. The molecule has 0 amide bonds. The molecule has 0 aromatic heterocycles. The van der Waals surface area contributed by atoms with Gasteiger partial charge in [-0.3, -0.25) is 10.1 Å². The molecular weight excluding hydrogens is 218 g/mol. The Hall–Kier alpha value is -2.36. The van der Waals surface area contributed by atoms with Gasteiger partial charge in [-0.1, -0.05) is 12.1 Å². The molecule has 1 radical (unpaired) electrons. The van der Waals surface area contributed by atoms with E-state index < -0.39 is 4.92 Å². The summed E-state index contributed by atoms with van der Waals surface area (Å²) in [6.45, 7) is 1.97. The Labute approximate surface area is 98.6 Å². The molecule has 4 nitrogen and oxygen atoms in total. The first-order valence-electron chi connectivity index (χ1n) is 5.06. The normalized spacial score (nSPS) is 9.94. The smallest absolute Gasteiger partial charge is 0.277 e. The molecule has 0 saturated heterocycles. The molecule has 2 rings (SSSR count). The summed E-state index contributed by atoms with van der Waals surface area (Å²) in [6, 6.07) is 14.5. The van der Waals surface area contributed by atoms with E-state index in [9.17, 15) is 10.1 Å². The lowest BCUT2D eigenvalue weighted by atomic mass is 10.2. The zero-order valence-corrected chi connectivity index (χ0v) is 9.21. The maximum Gasteiger partial charge on any atom is 0.277 e. The van der Waals surface area contributed by atoms with Gasteiger partial charge in [0.15, 0.2) is 0 Å². The highest BCUT2D eigenvalue weighted by Gasteiger charge is 2.05. The van der Waals surface area contributed by atoms with Gasteiger partial charge in [0.1, 0.15) is 11.5 Å². The molecule has 17 heavy (non-hydrogen) atoms. The highest BCUT2D eigenvalue weighted by atomic mass is 16.6. The fourth-order valence-electron chi connectivity index (χ4n) is 1.39. The maximum atomic E-state index is 10.4. The minimum atomic E-state index is -0.490. The Bertz CT molecular complexity index is 535. The zero-order valence-electron chi connectivity index (χ0n) is 9.21. The van der Waals surface area contributed by atoms with E-state index in [0.29, 0.717) is 11.5 Å². The summed E-state index contributed by atoms with van der Waals surface area (Å²) in [4.78, 5) is 9.96. The highest BCUT2D eigenvalue weighted by Crippen LogP contribution is 2.23. The van der Waals surface area contributed by atoms with E-state index in [0.717, 1.165) is 5.56 Å². The quantitative estimate of drug-likeness (QED) is 0.596. The van der Waals surface area contributed by atoms with Crippen molar-refractivity contribution < 1.29 is 9.66 Å². The summed E-state index contributed by atoms with van der Waals surface area (Å²) in [6.07, 6.45) is 0. The van der Waals surface area contributed by atoms with E-state index in [1.54, 1.807) is 6.07 Å². The van der Waals surface area contributed by atoms with Gasteiger partial charge < -0.3 is 4.74 Å². The predicted molar refractivity (Wildman–Crippen MR) is 63.2 cm³/mol. The van der Waals surface area contributed by atoms with Crippen molar-refractivity contribution in [3.63, 3.8) is 0 Å². The van der Waals surface area contributed by atoms with Crippen LogP contribution in [0.15, 0.2) is 42.5 Å². The van der Waals surface area contributed by atoms with Crippen molar-refractivity contribution in [1.82, 2.24) is 0 Å². The predicted octanol–water partition coefficient (Wildman–Crippen LogP) is 3.50. The molecule has 0 saturated carbocycles. The number of ether oxygens (including phenoxy) is 1. The first-order chi connectivity index (χ1) is 8.15. The molecule has 85 valence electrons. The molecule has 2 aromatic rings. The summed E-state index contributed by atoms with van der Waals surface area (Å²) >= 11 is 0. The first-order valence-corrected chi connectivity index (χ1v) is 5.06. The topological polar surface area (TPSA) is 52.4 Å². The van der Waals surface area contributed by atoms with Gasteiger partial charge in [-0.25, -0.2) is 0 Å². The van der Waals surface area contributed by atoms with E-state index in [1.165, 1.54) is 12.1 Å². The van der Waals surface area contributed by atoms with Crippen molar-refractivity contribution in [2.75, 3.05) is 0 Å². The van der Waals surface area contributed by atoms with Crippen LogP contribution in [0.4, 0.5) is 5.69 Å². The van der Waals surface area contributed by atoms with Gasteiger partial charge in [-0.15, -0.1) is 0 Å². The van der Waals surface area contributed by atoms with E-state index in [1.807, 2.05) is 31.2 Å². The van der Waals surface area contributed by atoms with Crippen molar-refractivity contribution in [2.45, 2.75) is 6.92 Å². The molecule has 0 unspecified atom stereocenters. The third kappa shape index (κ3) is 2.81. The van der Waals surface area contributed by atoms with Gasteiger partial charge in [0, 0.05) is 6.07 Å². The average molecular weight is 228 g/mol. The van der Waals surface area contributed by atoms with E-state index in [-0.39, 0.29) is 5.69 Å². The van der Waals surface area contributed by atoms with E-state index in [2.05, 4.69) is 6.07 Å². The Morgan fingerprint density at radius 3 is 2.65 bits per heavy atom. The number of hydrogen-bond donors (Lipinski definition) is 0. The van der Waals surface area contributed by atoms with Crippen LogP contribution in [0.5, 0.6) is 11.5 Å². The van der Waals surface area contributed by atoms with Crippen LogP contribution in [0, 0.1) is 23.1 Å². The first kappa shape index (κ1) is 11.1. The zero-order chi connectivity index (χ0) is 12.3. The molecule has 0 fully saturated rings. The molecule has 2 aromatic carbocycles. The van der Waals surface area contributed by atoms with Crippen LogP contribution in [0.3, 0.4) is 0 Å². The Morgan fingerprint density at radius 2 is 2.06 bits per heavy atom. The number of benzene rings is 2.